The predicted molar refractivity (Wildman–Crippen MR) is 57.7 cm³/mol. The van der Waals surface area contributed by atoms with Gasteiger partial charge in [-0.1, -0.05) is 0 Å². The third kappa shape index (κ3) is 2.14. The van der Waals surface area contributed by atoms with Gasteiger partial charge in [0.05, 0.1) is 11.9 Å². The highest BCUT2D eigenvalue weighted by atomic mass is 35.5. The van der Waals surface area contributed by atoms with E-state index in [-0.39, 0.29) is 5.28 Å². The molecule has 7 heteroatoms. The fourth-order valence-corrected chi connectivity index (χ4v) is 2.50. The third-order valence-electron chi connectivity index (χ3n) is 1.34. The average Bonchev–Trinajstić information content (AvgIpc) is 2.64. The second-order valence-corrected chi connectivity index (χ2v) is 4.77. The van der Waals surface area contributed by atoms with Gasteiger partial charge in [-0.15, -0.1) is 11.3 Å². The molecule has 0 aliphatic rings. The summed E-state index contributed by atoms with van der Waals surface area (Å²) in [5.74, 6) is 0. The summed E-state index contributed by atoms with van der Waals surface area (Å²) in [5, 5.41) is 2.72. The van der Waals surface area contributed by atoms with E-state index in [0.29, 0.717) is 10.7 Å². The van der Waals surface area contributed by atoms with E-state index < -0.39 is 0 Å². The molecule has 2 rings (SSSR count). The summed E-state index contributed by atoms with van der Waals surface area (Å²) in [6.45, 7) is 0. The van der Waals surface area contributed by atoms with Gasteiger partial charge in [-0.2, -0.15) is 0 Å². The van der Waals surface area contributed by atoms with Gasteiger partial charge in [-0.3, -0.25) is 0 Å². The first kappa shape index (κ1) is 9.70. The largest absolute Gasteiger partial charge is 0.395 e. The molecule has 0 unspecified atom stereocenters. The summed E-state index contributed by atoms with van der Waals surface area (Å²) < 4.78 is 0.881. The molecule has 0 saturated carbocycles. The van der Waals surface area contributed by atoms with Gasteiger partial charge in [0.2, 0.25) is 5.28 Å². The van der Waals surface area contributed by atoms with E-state index >= 15 is 0 Å². The molecular weight excluding hydrogens is 240 g/mol. The Hall–Kier alpha value is -0.850. The monoisotopic (exact) mass is 244 g/mol. The zero-order valence-corrected chi connectivity index (χ0v) is 9.23. The van der Waals surface area contributed by atoms with E-state index in [2.05, 4.69) is 15.0 Å². The molecule has 2 aromatic rings. The minimum Gasteiger partial charge on any atom is -0.395 e. The molecule has 0 spiro atoms. The number of anilines is 1. The number of hydrogen-bond donors (Lipinski definition) is 1. The topological polar surface area (TPSA) is 64.7 Å². The van der Waals surface area contributed by atoms with Crippen molar-refractivity contribution in [2.24, 2.45) is 0 Å². The van der Waals surface area contributed by atoms with E-state index in [4.69, 9.17) is 17.3 Å². The SMILES string of the molecule is Nc1cnc(Cl)nc1Sc1nccs1. The summed E-state index contributed by atoms with van der Waals surface area (Å²) >= 11 is 8.56. The number of halogens is 1. The molecule has 4 nitrogen and oxygen atoms in total. The lowest BCUT2D eigenvalue weighted by atomic mass is 10.6. The maximum absolute atomic E-state index is 5.68. The number of thiazole rings is 1. The van der Waals surface area contributed by atoms with Gasteiger partial charge < -0.3 is 5.73 Å². The second-order valence-electron chi connectivity index (χ2n) is 2.30. The van der Waals surface area contributed by atoms with Crippen molar-refractivity contribution >= 4 is 40.4 Å². The Labute approximate surface area is 93.6 Å². The van der Waals surface area contributed by atoms with E-state index in [1.807, 2.05) is 5.38 Å². The van der Waals surface area contributed by atoms with E-state index in [0.717, 1.165) is 4.34 Å². The van der Waals surface area contributed by atoms with Gasteiger partial charge in [-0.25, -0.2) is 15.0 Å². The molecule has 0 aromatic carbocycles. The van der Waals surface area contributed by atoms with Crippen molar-refractivity contribution in [3.8, 4) is 0 Å². The molecule has 0 aliphatic carbocycles. The van der Waals surface area contributed by atoms with E-state index in [1.165, 1.54) is 29.3 Å². The molecule has 2 aromatic heterocycles. The Morgan fingerprint density at radius 2 is 2.29 bits per heavy atom. The Bertz CT molecular complexity index is 431. The average molecular weight is 245 g/mol. The molecule has 0 radical (unpaired) electrons. The quantitative estimate of drug-likeness (QED) is 0.649. The van der Waals surface area contributed by atoms with Crippen LogP contribution in [0.25, 0.3) is 0 Å². The zero-order chi connectivity index (χ0) is 9.97. The van der Waals surface area contributed by atoms with Crippen molar-refractivity contribution in [3.63, 3.8) is 0 Å². The predicted octanol–water partition coefficient (Wildman–Crippen LogP) is 2.32. The summed E-state index contributed by atoms with van der Waals surface area (Å²) in [6, 6.07) is 0. The van der Waals surface area contributed by atoms with Gasteiger partial charge in [0.15, 0.2) is 4.34 Å². The van der Waals surface area contributed by atoms with Gasteiger partial charge in [-0.05, 0) is 23.4 Å². The lowest BCUT2D eigenvalue weighted by Crippen LogP contribution is -1.93. The van der Waals surface area contributed by atoms with Gasteiger partial charge >= 0.3 is 0 Å². The molecule has 2 heterocycles. The molecular formula is C7H5ClN4S2. The molecule has 0 bridgehead atoms. The zero-order valence-electron chi connectivity index (χ0n) is 6.85. The van der Waals surface area contributed by atoms with Crippen LogP contribution in [0.2, 0.25) is 5.28 Å². The minimum absolute atomic E-state index is 0.193. The smallest absolute Gasteiger partial charge is 0.223 e. The van der Waals surface area contributed by atoms with Crippen LogP contribution in [0, 0.1) is 0 Å². The van der Waals surface area contributed by atoms with Crippen LogP contribution >= 0.6 is 34.7 Å². The molecule has 0 aliphatic heterocycles. The van der Waals surface area contributed by atoms with Gasteiger partial charge in [0.25, 0.3) is 0 Å². The molecule has 0 amide bonds. The Morgan fingerprint density at radius 3 is 3.00 bits per heavy atom. The molecule has 2 N–H and O–H groups in total. The minimum atomic E-state index is 0.193. The Balaban J connectivity index is 2.28. The van der Waals surface area contributed by atoms with Crippen LogP contribution in [0.15, 0.2) is 27.1 Å². The van der Waals surface area contributed by atoms with Crippen molar-refractivity contribution < 1.29 is 0 Å². The highest BCUT2D eigenvalue weighted by molar-refractivity contribution is 8.01. The number of rotatable bonds is 2. The van der Waals surface area contributed by atoms with E-state index in [1.54, 1.807) is 6.20 Å². The standard InChI is InChI=1S/C7H5ClN4S2/c8-6-11-3-4(9)5(12-6)14-7-10-1-2-13-7/h1-3H,9H2. The highest BCUT2D eigenvalue weighted by Crippen LogP contribution is 2.31. The Kier molecular flexibility index (Phi) is 2.85. The summed E-state index contributed by atoms with van der Waals surface area (Å²) in [7, 11) is 0. The molecule has 72 valence electrons. The maximum Gasteiger partial charge on any atom is 0.223 e. The molecule has 0 atom stereocenters. The summed E-state index contributed by atoms with van der Waals surface area (Å²) in [4.78, 5) is 11.9. The number of nitrogen functional groups attached to an aromatic ring is 1. The lowest BCUT2D eigenvalue weighted by Gasteiger charge is -2.00. The molecule has 0 fully saturated rings. The van der Waals surface area contributed by atoms with Crippen molar-refractivity contribution in [2.75, 3.05) is 5.73 Å². The first-order chi connectivity index (χ1) is 6.75. The number of nitrogens with zero attached hydrogens (tertiary/aromatic N) is 3. The summed E-state index contributed by atoms with van der Waals surface area (Å²) in [5.41, 5.74) is 6.19. The van der Waals surface area contributed by atoms with Crippen LogP contribution in [0.3, 0.4) is 0 Å². The van der Waals surface area contributed by atoms with Crippen LogP contribution in [0.4, 0.5) is 5.69 Å². The van der Waals surface area contributed by atoms with Crippen LogP contribution in [-0.2, 0) is 0 Å². The molecule has 0 saturated heterocycles. The second kappa shape index (κ2) is 4.12. The Morgan fingerprint density at radius 1 is 1.43 bits per heavy atom. The normalized spacial score (nSPS) is 10.4. The van der Waals surface area contributed by atoms with Crippen molar-refractivity contribution in [1.29, 1.82) is 0 Å². The van der Waals surface area contributed by atoms with Crippen LogP contribution in [0.5, 0.6) is 0 Å². The highest BCUT2D eigenvalue weighted by Gasteiger charge is 2.06. The molecule has 14 heavy (non-hydrogen) atoms. The number of nitrogens with two attached hydrogens (primary N) is 1. The number of hydrogen-bond acceptors (Lipinski definition) is 6. The first-order valence-electron chi connectivity index (χ1n) is 3.61. The van der Waals surface area contributed by atoms with Gasteiger partial charge in [0, 0.05) is 11.6 Å². The fourth-order valence-electron chi connectivity index (χ4n) is 0.780. The number of aromatic nitrogens is 3. The van der Waals surface area contributed by atoms with Crippen LogP contribution in [0.1, 0.15) is 0 Å². The van der Waals surface area contributed by atoms with Crippen LogP contribution < -0.4 is 5.73 Å². The maximum atomic E-state index is 5.68. The van der Waals surface area contributed by atoms with Crippen LogP contribution in [-0.4, -0.2) is 15.0 Å². The van der Waals surface area contributed by atoms with Gasteiger partial charge in [0.1, 0.15) is 5.03 Å². The lowest BCUT2D eigenvalue weighted by molar-refractivity contribution is 1.05. The van der Waals surface area contributed by atoms with Crippen molar-refractivity contribution in [3.05, 3.63) is 23.1 Å². The van der Waals surface area contributed by atoms with Crippen molar-refractivity contribution in [1.82, 2.24) is 15.0 Å². The third-order valence-corrected chi connectivity index (χ3v) is 3.43. The van der Waals surface area contributed by atoms with E-state index in [9.17, 15) is 0 Å². The van der Waals surface area contributed by atoms with Crippen molar-refractivity contribution in [2.45, 2.75) is 9.37 Å². The fraction of sp³-hybridized carbons (Fsp3) is 0. The summed E-state index contributed by atoms with van der Waals surface area (Å²) in [6.07, 6.45) is 3.22. The first-order valence-corrected chi connectivity index (χ1v) is 5.68.